The van der Waals surface area contributed by atoms with E-state index in [4.69, 9.17) is 9.97 Å². The molecule has 4 aromatic carbocycles. The van der Waals surface area contributed by atoms with Crippen molar-refractivity contribution in [1.82, 2.24) is 9.97 Å². The number of hydrogen-bond acceptors (Lipinski definition) is 4. The minimum absolute atomic E-state index is 0.0418. The second-order valence-electron chi connectivity index (χ2n) is 14.0. The van der Waals surface area contributed by atoms with E-state index in [1.54, 1.807) is 0 Å². The average molecular weight is 623 g/mol. The van der Waals surface area contributed by atoms with Gasteiger partial charge >= 0.3 is 0 Å². The summed E-state index contributed by atoms with van der Waals surface area (Å²) in [7, 11) is 0. The third-order valence-corrected chi connectivity index (χ3v) is 10.3. The first-order chi connectivity index (χ1) is 22.5. The van der Waals surface area contributed by atoms with E-state index in [2.05, 4.69) is 158 Å². The molecule has 0 saturated carbocycles. The Labute approximate surface area is 282 Å². The Kier molecular flexibility index (Phi) is 8.74. The Bertz CT molecular complexity index is 1900. The fourth-order valence-electron chi connectivity index (χ4n) is 8.16. The molecule has 2 heterocycles. The van der Waals surface area contributed by atoms with Gasteiger partial charge in [0.25, 0.3) is 0 Å². The summed E-state index contributed by atoms with van der Waals surface area (Å²) < 4.78 is 0. The van der Waals surface area contributed by atoms with E-state index in [-0.39, 0.29) is 11.6 Å². The van der Waals surface area contributed by atoms with Gasteiger partial charge in [0.15, 0.2) is 11.6 Å². The van der Waals surface area contributed by atoms with Crippen LogP contribution in [-0.4, -0.2) is 16.1 Å². The molecule has 6 rings (SSSR count). The highest BCUT2D eigenvalue weighted by atomic mass is 15.5. The Morgan fingerprint density at radius 2 is 1.11 bits per heavy atom. The number of rotatable bonds is 8. The van der Waals surface area contributed by atoms with Gasteiger partial charge in [0, 0.05) is 22.5 Å². The molecule has 0 bridgehead atoms. The second-order valence-corrected chi connectivity index (χ2v) is 14.0. The normalized spacial score (nSPS) is 15.6. The molecule has 1 aliphatic heterocycles. The lowest BCUT2D eigenvalue weighted by Gasteiger charge is -2.36. The zero-order chi connectivity index (χ0) is 33.6. The number of fused-ring (bicyclic) bond motifs is 1. The molecule has 4 heteroatoms. The maximum absolute atomic E-state index is 5.76. The van der Waals surface area contributed by atoms with Gasteiger partial charge in [-0.2, -0.15) is 0 Å². The molecule has 2 unspecified atom stereocenters. The number of nitrogens with zero attached hydrogens (tertiary/aromatic N) is 4. The Hall–Kier alpha value is -4.44. The van der Waals surface area contributed by atoms with Crippen molar-refractivity contribution in [3.63, 3.8) is 0 Å². The number of hydrogen-bond donors (Lipinski definition) is 0. The summed E-state index contributed by atoms with van der Waals surface area (Å²) in [6.45, 7) is 22.5. The van der Waals surface area contributed by atoms with Crippen molar-refractivity contribution in [2.45, 2.75) is 100 Å². The van der Waals surface area contributed by atoms with E-state index in [9.17, 15) is 0 Å². The first-order valence-corrected chi connectivity index (χ1v) is 17.3. The van der Waals surface area contributed by atoms with Gasteiger partial charge in [-0.25, -0.2) is 9.97 Å². The van der Waals surface area contributed by atoms with E-state index in [0.717, 1.165) is 48.0 Å². The fraction of sp³-hybridized carbons (Fsp3) is 0.349. The van der Waals surface area contributed by atoms with Gasteiger partial charge in [-0.3, -0.25) is 0 Å². The smallest absolute Gasteiger partial charge is 0.179 e. The van der Waals surface area contributed by atoms with Crippen molar-refractivity contribution >= 4 is 23.0 Å². The van der Waals surface area contributed by atoms with Crippen molar-refractivity contribution < 1.29 is 0 Å². The molecule has 242 valence electrons. The third kappa shape index (κ3) is 5.62. The van der Waals surface area contributed by atoms with Crippen LogP contribution < -0.4 is 9.80 Å². The lowest BCUT2D eigenvalue weighted by atomic mass is 9.75. The predicted octanol–water partition coefficient (Wildman–Crippen LogP) is 11.8. The standard InChI is InChI=1S/C43H50N4/c1-11-22-43(10,12-2)35-20-16-17-21-36(35)47-33(9)46(34-18-14-13-15-19-34)41-42(47)45-40(38-31(7)25-28(4)26-32(38)8)39(44-41)37-29(5)23-27(3)24-30(37)6/h13-21,23-26,33H,11-12,22H2,1-10H3. The van der Waals surface area contributed by atoms with Gasteiger partial charge < -0.3 is 9.80 Å². The molecule has 0 radical (unpaired) electrons. The summed E-state index contributed by atoms with van der Waals surface area (Å²) in [4.78, 5) is 16.3. The lowest BCUT2D eigenvalue weighted by molar-refractivity contribution is 0.414. The van der Waals surface area contributed by atoms with Crippen molar-refractivity contribution in [2.24, 2.45) is 0 Å². The minimum atomic E-state index is -0.0418. The predicted molar refractivity (Wildman–Crippen MR) is 201 cm³/mol. The summed E-state index contributed by atoms with van der Waals surface area (Å²) >= 11 is 0. The molecule has 1 aliphatic rings. The van der Waals surface area contributed by atoms with E-state index in [1.165, 1.54) is 55.8 Å². The zero-order valence-electron chi connectivity index (χ0n) is 30.0. The van der Waals surface area contributed by atoms with Crippen LogP contribution >= 0.6 is 0 Å². The molecule has 5 aromatic rings. The highest BCUT2D eigenvalue weighted by molar-refractivity contribution is 5.92. The second kappa shape index (κ2) is 12.6. The molecule has 2 atom stereocenters. The van der Waals surface area contributed by atoms with Crippen LogP contribution in [0.15, 0.2) is 78.9 Å². The fourth-order valence-corrected chi connectivity index (χ4v) is 8.16. The summed E-state index contributed by atoms with van der Waals surface area (Å²) in [5.41, 5.74) is 15.4. The van der Waals surface area contributed by atoms with Crippen LogP contribution in [-0.2, 0) is 5.41 Å². The van der Waals surface area contributed by atoms with Crippen LogP contribution in [0.5, 0.6) is 0 Å². The SMILES string of the molecule is CCCC(C)(CC)c1ccccc1N1c2nc(-c3c(C)cc(C)cc3C)c(-c3c(C)cc(C)cc3C)nc2N(c2ccccc2)C1C. The van der Waals surface area contributed by atoms with Crippen LogP contribution in [0.2, 0.25) is 0 Å². The minimum Gasteiger partial charge on any atom is -0.302 e. The van der Waals surface area contributed by atoms with Gasteiger partial charge in [-0.05, 0) is 113 Å². The van der Waals surface area contributed by atoms with Crippen molar-refractivity contribution in [3.8, 4) is 22.5 Å². The third-order valence-electron chi connectivity index (χ3n) is 10.3. The van der Waals surface area contributed by atoms with Crippen LogP contribution in [0, 0.1) is 41.5 Å². The summed E-state index contributed by atoms with van der Waals surface area (Å²) in [5, 5.41) is 0. The lowest BCUT2D eigenvalue weighted by Crippen LogP contribution is -2.37. The highest BCUT2D eigenvalue weighted by Crippen LogP contribution is 2.51. The van der Waals surface area contributed by atoms with E-state index in [1.807, 2.05) is 0 Å². The first kappa shape index (κ1) is 32.5. The maximum atomic E-state index is 5.76. The molecule has 0 aliphatic carbocycles. The molecule has 1 aromatic heterocycles. The molecule has 4 nitrogen and oxygen atoms in total. The monoisotopic (exact) mass is 622 g/mol. The number of aryl methyl sites for hydroxylation is 6. The summed E-state index contributed by atoms with van der Waals surface area (Å²) in [6, 6.07) is 28.8. The maximum Gasteiger partial charge on any atom is 0.179 e. The number of anilines is 4. The molecule has 0 fully saturated rings. The average Bonchev–Trinajstić information content (AvgIpc) is 3.31. The number of para-hydroxylation sites is 2. The number of aromatic nitrogens is 2. The van der Waals surface area contributed by atoms with Gasteiger partial charge in [0.1, 0.15) is 6.17 Å². The van der Waals surface area contributed by atoms with Gasteiger partial charge in [-0.15, -0.1) is 0 Å². The molecule has 0 amide bonds. The Morgan fingerprint density at radius 3 is 1.60 bits per heavy atom. The van der Waals surface area contributed by atoms with Gasteiger partial charge in [0.05, 0.1) is 11.4 Å². The van der Waals surface area contributed by atoms with Crippen molar-refractivity contribution in [3.05, 3.63) is 118 Å². The van der Waals surface area contributed by atoms with Gasteiger partial charge in [0.2, 0.25) is 0 Å². The van der Waals surface area contributed by atoms with E-state index >= 15 is 0 Å². The van der Waals surface area contributed by atoms with Gasteiger partial charge in [-0.1, -0.05) is 99.0 Å². The largest absolute Gasteiger partial charge is 0.302 e. The van der Waals surface area contributed by atoms with Crippen molar-refractivity contribution in [2.75, 3.05) is 9.80 Å². The highest BCUT2D eigenvalue weighted by Gasteiger charge is 2.41. The quantitative estimate of drug-likeness (QED) is 0.172. The van der Waals surface area contributed by atoms with Crippen LogP contribution in [0.3, 0.4) is 0 Å². The molecular formula is C43H50N4. The Morgan fingerprint density at radius 1 is 0.638 bits per heavy atom. The molecule has 0 saturated heterocycles. The Balaban J connectivity index is 1.73. The number of benzene rings is 4. The van der Waals surface area contributed by atoms with Crippen molar-refractivity contribution in [1.29, 1.82) is 0 Å². The summed E-state index contributed by atoms with van der Waals surface area (Å²) in [6.07, 6.45) is 3.29. The summed E-state index contributed by atoms with van der Waals surface area (Å²) in [5.74, 6) is 1.80. The van der Waals surface area contributed by atoms with E-state index < -0.39 is 0 Å². The molecular weight excluding hydrogens is 573 g/mol. The molecule has 0 N–H and O–H groups in total. The zero-order valence-corrected chi connectivity index (χ0v) is 30.0. The van der Waals surface area contributed by atoms with Crippen LogP contribution in [0.25, 0.3) is 22.5 Å². The van der Waals surface area contributed by atoms with Crippen LogP contribution in [0.4, 0.5) is 23.0 Å². The van der Waals surface area contributed by atoms with Crippen LogP contribution in [0.1, 0.15) is 85.9 Å². The van der Waals surface area contributed by atoms with E-state index in [0.29, 0.717) is 0 Å². The molecule has 0 spiro atoms. The first-order valence-electron chi connectivity index (χ1n) is 17.3. The molecule has 47 heavy (non-hydrogen) atoms. The topological polar surface area (TPSA) is 32.3 Å².